The number of ether oxygens (including phenoxy) is 1. The smallest absolute Gasteiger partial charge is 0.435 e. The highest BCUT2D eigenvalue weighted by atomic mass is 19.4. The SMILES string of the molecule is COc1ccc(NC(=O)NCc2nc(C)c3ccccc3n2)c(C(F)(F)F)n1. The molecule has 0 spiro atoms. The molecule has 28 heavy (non-hydrogen) atoms. The van der Waals surface area contributed by atoms with Gasteiger partial charge in [-0.1, -0.05) is 18.2 Å². The Labute approximate surface area is 158 Å². The highest BCUT2D eigenvalue weighted by Gasteiger charge is 2.36. The van der Waals surface area contributed by atoms with Crippen LogP contribution in [0.2, 0.25) is 0 Å². The fourth-order valence-electron chi connectivity index (χ4n) is 2.57. The number of urea groups is 1. The number of aromatic nitrogens is 3. The molecule has 2 amide bonds. The lowest BCUT2D eigenvalue weighted by atomic mass is 10.2. The van der Waals surface area contributed by atoms with Crippen molar-refractivity contribution in [2.45, 2.75) is 19.6 Å². The normalized spacial score (nSPS) is 11.3. The summed E-state index contributed by atoms with van der Waals surface area (Å²) >= 11 is 0. The number of nitrogens with one attached hydrogen (secondary N) is 2. The zero-order chi connectivity index (χ0) is 20.3. The van der Waals surface area contributed by atoms with Gasteiger partial charge in [-0.15, -0.1) is 0 Å². The predicted molar refractivity (Wildman–Crippen MR) is 95.9 cm³/mol. The molecule has 0 aliphatic rings. The summed E-state index contributed by atoms with van der Waals surface area (Å²) in [5.74, 6) is 0.133. The summed E-state index contributed by atoms with van der Waals surface area (Å²) in [5, 5.41) is 5.48. The summed E-state index contributed by atoms with van der Waals surface area (Å²) in [6.07, 6.45) is -4.75. The van der Waals surface area contributed by atoms with Gasteiger partial charge in [0.1, 0.15) is 5.82 Å². The Hall–Kier alpha value is -3.43. The Morgan fingerprint density at radius 2 is 1.86 bits per heavy atom. The minimum atomic E-state index is -4.75. The van der Waals surface area contributed by atoms with Crippen LogP contribution in [-0.4, -0.2) is 28.1 Å². The zero-order valence-corrected chi connectivity index (χ0v) is 15.0. The number of halogens is 3. The summed E-state index contributed by atoms with van der Waals surface area (Å²) in [5.41, 5.74) is -0.284. The fourth-order valence-corrected chi connectivity index (χ4v) is 2.57. The molecule has 0 aliphatic heterocycles. The number of methoxy groups -OCH3 is 1. The molecule has 2 heterocycles. The number of amides is 2. The van der Waals surface area contributed by atoms with Gasteiger partial charge < -0.3 is 15.4 Å². The molecule has 146 valence electrons. The Kier molecular flexibility index (Phi) is 5.30. The molecule has 2 N–H and O–H groups in total. The third-order valence-corrected chi connectivity index (χ3v) is 3.84. The van der Waals surface area contributed by atoms with Crippen LogP contribution in [0.1, 0.15) is 17.2 Å². The van der Waals surface area contributed by atoms with E-state index in [4.69, 9.17) is 4.74 Å². The van der Waals surface area contributed by atoms with E-state index in [0.29, 0.717) is 11.3 Å². The van der Waals surface area contributed by atoms with Crippen LogP contribution < -0.4 is 15.4 Å². The molecule has 1 aromatic carbocycles. The molecule has 10 heteroatoms. The maximum absolute atomic E-state index is 13.1. The molecule has 0 aliphatic carbocycles. The van der Waals surface area contributed by atoms with E-state index < -0.39 is 23.6 Å². The van der Waals surface area contributed by atoms with Crippen molar-refractivity contribution in [1.82, 2.24) is 20.3 Å². The number of carbonyl (C=O) groups excluding carboxylic acids is 1. The minimum Gasteiger partial charge on any atom is -0.481 e. The number of rotatable bonds is 4. The maximum Gasteiger partial charge on any atom is 0.435 e. The standard InChI is InChI=1S/C18H16F3N5O2/c1-10-11-5-3-4-6-12(11)24-14(23-10)9-22-17(27)25-13-7-8-15(28-2)26-16(13)18(19,20)21/h3-8H,9H2,1-2H3,(H2,22,25,27). The maximum atomic E-state index is 13.1. The molecule has 0 saturated heterocycles. The topological polar surface area (TPSA) is 89.0 Å². The molecule has 0 unspecified atom stereocenters. The van der Waals surface area contributed by atoms with Crippen molar-refractivity contribution in [3.05, 3.63) is 53.6 Å². The average molecular weight is 391 g/mol. The van der Waals surface area contributed by atoms with Gasteiger partial charge in [0.2, 0.25) is 5.88 Å². The van der Waals surface area contributed by atoms with Crippen molar-refractivity contribution in [2.24, 2.45) is 0 Å². The lowest BCUT2D eigenvalue weighted by Gasteiger charge is -2.14. The van der Waals surface area contributed by atoms with E-state index in [1.807, 2.05) is 31.2 Å². The van der Waals surface area contributed by atoms with Crippen LogP contribution in [0.3, 0.4) is 0 Å². The average Bonchev–Trinajstić information content (AvgIpc) is 2.66. The number of alkyl halides is 3. The van der Waals surface area contributed by atoms with Crippen molar-refractivity contribution >= 4 is 22.6 Å². The van der Waals surface area contributed by atoms with Gasteiger partial charge in [-0.3, -0.25) is 0 Å². The van der Waals surface area contributed by atoms with Crippen molar-refractivity contribution in [3.8, 4) is 5.88 Å². The van der Waals surface area contributed by atoms with Crippen LogP contribution in [0.25, 0.3) is 10.9 Å². The van der Waals surface area contributed by atoms with Crippen LogP contribution in [0.15, 0.2) is 36.4 Å². The quantitative estimate of drug-likeness (QED) is 0.708. The largest absolute Gasteiger partial charge is 0.481 e. The first kappa shape index (κ1) is 19.3. The van der Waals surface area contributed by atoms with Gasteiger partial charge in [-0.05, 0) is 19.1 Å². The van der Waals surface area contributed by atoms with Gasteiger partial charge in [0.25, 0.3) is 0 Å². The second-order valence-corrected chi connectivity index (χ2v) is 5.80. The zero-order valence-electron chi connectivity index (χ0n) is 15.0. The monoisotopic (exact) mass is 391 g/mol. The molecular weight excluding hydrogens is 375 g/mol. The number of nitrogens with zero attached hydrogens (tertiary/aromatic N) is 3. The predicted octanol–water partition coefficient (Wildman–Crippen LogP) is 3.68. The molecular formula is C18H16F3N5O2. The number of pyridine rings is 1. The van der Waals surface area contributed by atoms with Crippen molar-refractivity contribution < 1.29 is 22.7 Å². The van der Waals surface area contributed by atoms with E-state index in [9.17, 15) is 18.0 Å². The molecule has 0 radical (unpaired) electrons. The third-order valence-electron chi connectivity index (χ3n) is 3.84. The number of hydrogen-bond donors (Lipinski definition) is 2. The number of benzene rings is 1. The second kappa shape index (κ2) is 7.67. The Morgan fingerprint density at radius 1 is 1.11 bits per heavy atom. The van der Waals surface area contributed by atoms with E-state index in [0.717, 1.165) is 17.1 Å². The van der Waals surface area contributed by atoms with Gasteiger partial charge in [0.05, 0.1) is 24.9 Å². The van der Waals surface area contributed by atoms with Gasteiger partial charge in [0, 0.05) is 17.1 Å². The van der Waals surface area contributed by atoms with Crippen molar-refractivity contribution in [2.75, 3.05) is 12.4 Å². The molecule has 0 atom stereocenters. The highest BCUT2D eigenvalue weighted by molar-refractivity contribution is 5.90. The molecule has 2 aromatic heterocycles. The van der Waals surface area contributed by atoms with Gasteiger partial charge in [0.15, 0.2) is 5.69 Å². The lowest BCUT2D eigenvalue weighted by molar-refractivity contribution is -0.140. The van der Waals surface area contributed by atoms with Gasteiger partial charge in [-0.25, -0.2) is 19.7 Å². The number of carbonyl (C=O) groups is 1. The van der Waals surface area contributed by atoms with Crippen LogP contribution in [0.4, 0.5) is 23.7 Å². The Balaban J connectivity index is 1.73. The van der Waals surface area contributed by atoms with E-state index in [-0.39, 0.29) is 12.4 Å². The summed E-state index contributed by atoms with van der Waals surface area (Å²) in [7, 11) is 1.20. The van der Waals surface area contributed by atoms with Crippen molar-refractivity contribution in [3.63, 3.8) is 0 Å². The van der Waals surface area contributed by atoms with E-state index in [1.54, 1.807) is 0 Å². The number of fused-ring (bicyclic) bond motifs is 1. The van der Waals surface area contributed by atoms with Gasteiger partial charge in [-0.2, -0.15) is 13.2 Å². The molecule has 3 rings (SSSR count). The first-order chi connectivity index (χ1) is 13.3. The Morgan fingerprint density at radius 3 is 2.57 bits per heavy atom. The summed E-state index contributed by atoms with van der Waals surface area (Å²) in [6.45, 7) is 1.76. The second-order valence-electron chi connectivity index (χ2n) is 5.80. The summed E-state index contributed by atoms with van der Waals surface area (Å²) in [4.78, 5) is 24.1. The molecule has 0 fully saturated rings. The number of aryl methyl sites for hydroxylation is 1. The van der Waals surface area contributed by atoms with Crippen LogP contribution >= 0.6 is 0 Å². The van der Waals surface area contributed by atoms with Crippen molar-refractivity contribution in [1.29, 1.82) is 0 Å². The summed E-state index contributed by atoms with van der Waals surface area (Å²) in [6, 6.07) is 8.84. The molecule has 7 nitrogen and oxygen atoms in total. The third kappa shape index (κ3) is 4.27. The lowest BCUT2D eigenvalue weighted by Crippen LogP contribution is -2.30. The first-order valence-electron chi connectivity index (χ1n) is 8.17. The van der Waals surface area contributed by atoms with E-state index in [1.165, 1.54) is 13.2 Å². The summed E-state index contributed by atoms with van der Waals surface area (Å²) < 4.78 is 44.2. The van der Waals surface area contributed by atoms with Crippen LogP contribution in [0, 0.1) is 6.92 Å². The molecule has 0 bridgehead atoms. The van der Waals surface area contributed by atoms with E-state index >= 15 is 0 Å². The number of para-hydroxylation sites is 1. The molecule has 0 saturated carbocycles. The minimum absolute atomic E-state index is 0.0531. The number of hydrogen-bond acceptors (Lipinski definition) is 5. The number of anilines is 1. The van der Waals surface area contributed by atoms with Crippen LogP contribution in [-0.2, 0) is 12.7 Å². The first-order valence-corrected chi connectivity index (χ1v) is 8.17. The highest BCUT2D eigenvalue weighted by Crippen LogP contribution is 2.34. The molecule has 3 aromatic rings. The van der Waals surface area contributed by atoms with E-state index in [2.05, 4.69) is 25.6 Å². The van der Waals surface area contributed by atoms with Gasteiger partial charge >= 0.3 is 12.2 Å². The van der Waals surface area contributed by atoms with Crippen LogP contribution in [0.5, 0.6) is 5.88 Å². The fraction of sp³-hybridized carbons (Fsp3) is 0.222. The Bertz CT molecular complexity index is 1020.